The van der Waals surface area contributed by atoms with Crippen molar-refractivity contribution in [3.63, 3.8) is 0 Å². The van der Waals surface area contributed by atoms with Gasteiger partial charge < -0.3 is 24.8 Å². The van der Waals surface area contributed by atoms with E-state index in [1.807, 2.05) is 19.9 Å². The number of rotatable bonds is 7. The Labute approximate surface area is 191 Å². The first kappa shape index (κ1) is 21.9. The molecule has 0 aliphatic heterocycles. The van der Waals surface area contributed by atoms with Gasteiger partial charge in [-0.05, 0) is 50.2 Å². The Kier molecular flexibility index (Phi) is 6.30. The van der Waals surface area contributed by atoms with Crippen molar-refractivity contribution in [3.8, 4) is 23.0 Å². The van der Waals surface area contributed by atoms with Crippen LogP contribution in [-0.4, -0.2) is 35.0 Å². The van der Waals surface area contributed by atoms with Crippen molar-refractivity contribution in [1.82, 2.24) is 14.8 Å². The highest BCUT2D eigenvalue weighted by molar-refractivity contribution is 5.99. The van der Waals surface area contributed by atoms with Gasteiger partial charge in [-0.1, -0.05) is 0 Å². The number of anilines is 2. The van der Waals surface area contributed by atoms with Crippen molar-refractivity contribution in [2.75, 3.05) is 24.9 Å². The number of nitrogens with zero attached hydrogens (tertiary/aromatic N) is 3. The van der Waals surface area contributed by atoms with Crippen LogP contribution < -0.4 is 24.8 Å². The minimum Gasteiger partial charge on any atom is -0.493 e. The van der Waals surface area contributed by atoms with Crippen LogP contribution in [0.4, 0.5) is 16.2 Å². The van der Waals surface area contributed by atoms with Gasteiger partial charge in [0.25, 0.3) is 0 Å². The molecule has 0 atom stereocenters. The highest BCUT2D eigenvalue weighted by Crippen LogP contribution is 2.37. The molecule has 0 aliphatic carbocycles. The summed E-state index contributed by atoms with van der Waals surface area (Å²) in [7, 11) is 3.16. The fraction of sp³-hybridized carbons (Fsp3) is 0.208. The highest BCUT2D eigenvalue weighted by atomic mass is 16.5. The van der Waals surface area contributed by atoms with Crippen LogP contribution in [0, 0.1) is 0 Å². The number of nitrogens with one attached hydrogen (secondary N) is 2. The first-order valence-corrected chi connectivity index (χ1v) is 10.4. The second kappa shape index (κ2) is 9.47. The highest BCUT2D eigenvalue weighted by Gasteiger charge is 2.12. The van der Waals surface area contributed by atoms with E-state index in [0.717, 1.165) is 10.9 Å². The number of benzene rings is 2. The van der Waals surface area contributed by atoms with E-state index in [4.69, 9.17) is 14.2 Å². The van der Waals surface area contributed by atoms with Crippen molar-refractivity contribution in [2.24, 2.45) is 0 Å². The topological polar surface area (TPSA) is 99.5 Å². The van der Waals surface area contributed by atoms with Crippen LogP contribution in [0.5, 0.6) is 23.0 Å². The van der Waals surface area contributed by atoms with Gasteiger partial charge in [0.1, 0.15) is 11.5 Å². The molecule has 4 aromatic rings. The van der Waals surface area contributed by atoms with Gasteiger partial charge >= 0.3 is 6.03 Å². The predicted octanol–water partition coefficient (Wildman–Crippen LogP) is 5.47. The minimum atomic E-state index is -0.354. The van der Waals surface area contributed by atoms with E-state index in [9.17, 15) is 4.79 Å². The molecule has 2 amide bonds. The lowest BCUT2D eigenvalue weighted by atomic mass is 10.2. The Bertz CT molecular complexity index is 1270. The van der Waals surface area contributed by atoms with Gasteiger partial charge in [-0.2, -0.15) is 5.10 Å². The number of hydrogen-bond donors (Lipinski definition) is 2. The van der Waals surface area contributed by atoms with E-state index in [2.05, 4.69) is 20.7 Å². The van der Waals surface area contributed by atoms with Crippen LogP contribution in [0.2, 0.25) is 0 Å². The normalized spacial score (nSPS) is 10.8. The number of pyridine rings is 1. The lowest BCUT2D eigenvalue weighted by Gasteiger charge is -2.12. The van der Waals surface area contributed by atoms with Crippen LogP contribution in [-0.2, 0) is 0 Å². The van der Waals surface area contributed by atoms with Crippen LogP contribution in [0.1, 0.15) is 19.9 Å². The maximum absolute atomic E-state index is 12.3. The molecule has 9 nitrogen and oxygen atoms in total. The molecule has 170 valence electrons. The van der Waals surface area contributed by atoms with Crippen molar-refractivity contribution in [1.29, 1.82) is 0 Å². The quantitative estimate of drug-likeness (QED) is 0.390. The molecular weight excluding hydrogens is 422 g/mol. The maximum Gasteiger partial charge on any atom is 0.323 e. The fourth-order valence-electron chi connectivity index (χ4n) is 3.25. The van der Waals surface area contributed by atoms with Gasteiger partial charge in [0.2, 0.25) is 0 Å². The van der Waals surface area contributed by atoms with Crippen molar-refractivity contribution in [2.45, 2.75) is 19.9 Å². The van der Waals surface area contributed by atoms with E-state index in [-0.39, 0.29) is 12.1 Å². The monoisotopic (exact) mass is 447 g/mol. The van der Waals surface area contributed by atoms with Crippen LogP contribution in [0.25, 0.3) is 10.9 Å². The number of fused-ring (bicyclic) bond motifs is 1. The summed E-state index contributed by atoms with van der Waals surface area (Å²) >= 11 is 0. The number of hydrogen-bond acceptors (Lipinski definition) is 6. The fourth-order valence-corrected chi connectivity index (χ4v) is 3.25. The zero-order valence-corrected chi connectivity index (χ0v) is 18.8. The average Bonchev–Trinajstić information content (AvgIpc) is 3.28. The molecule has 0 spiro atoms. The molecule has 2 aromatic carbocycles. The Hall–Kier alpha value is -4.27. The molecule has 0 aliphatic rings. The average molecular weight is 447 g/mol. The van der Waals surface area contributed by atoms with Crippen LogP contribution >= 0.6 is 0 Å². The molecule has 9 heteroatoms. The molecule has 2 heterocycles. The Morgan fingerprint density at radius 3 is 2.30 bits per heavy atom. The number of urea groups is 1. The maximum atomic E-state index is 12.3. The Morgan fingerprint density at radius 1 is 0.939 bits per heavy atom. The number of ether oxygens (including phenoxy) is 3. The number of amides is 2. The summed E-state index contributed by atoms with van der Waals surface area (Å²) in [6, 6.07) is 12.4. The van der Waals surface area contributed by atoms with Gasteiger partial charge in [-0.15, -0.1) is 0 Å². The predicted molar refractivity (Wildman–Crippen MR) is 127 cm³/mol. The van der Waals surface area contributed by atoms with Crippen molar-refractivity contribution >= 4 is 28.3 Å². The molecule has 2 N–H and O–H groups in total. The first-order chi connectivity index (χ1) is 16.0. The van der Waals surface area contributed by atoms with E-state index in [1.54, 1.807) is 73.9 Å². The lowest BCUT2D eigenvalue weighted by Crippen LogP contribution is -2.19. The number of methoxy groups -OCH3 is 2. The Morgan fingerprint density at radius 2 is 1.64 bits per heavy atom. The molecule has 0 fully saturated rings. The molecular formula is C24H25N5O4. The zero-order chi connectivity index (χ0) is 23.4. The second-order valence-electron chi connectivity index (χ2n) is 7.54. The molecule has 2 aromatic heterocycles. The van der Waals surface area contributed by atoms with Crippen LogP contribution in [0.15, 0.2) is 61.1 Å². The summed E-state index contributed by atoms with van der Waals surface area (Å²) in [6.45, 7) is 4.03. The SMILES string of the molecule is COc1cc2nccc(Oc3ccc(NC(=O)Nc4cnn(C(C)C)c4)cc3)c2cc1OC. The van der Waals surface area contributed by atoms with Crippen molar-refractivity contribution in [3.05, 3.63) is 61.1 Å². The number of carbonyl (C=O) groups excluding carboxylic acids is 1. The number of carbonyl (C=O) groups is 1. The van der Waals surface area contributed by atoms with E-state index in [0.29, 0.717) is 34.4 Å². The second-order valence-corrected chi connectivity index (χ2v) is 7.54. The largest absolute Gasteiger partial charge is 0.493 e. The summed E-state index contributed by atoms with van der Waals surface area (Å²) in [5, 5.41) is 10.6. The molecule has 0 bridgehead atoms. The van der Waals surface area contributed by atoms with Gasteiger partial charge in [0, 0.05) is 35.6 Å². The molecule has 0 saturated carbocycles. The summed E-state index contributed by atoms with van der Waals surface area (Å²) < 4.78 is 18.6. The van der Waals surface area contributed by atoms with E-state index < -0.39 is 0 Å². The van der Waals surface area contributed by atoms with Gasteiger partial charge in [-0.3, -0.25) is 9.67 Å². The first-order valence-electron chi connectivity index (χ1n) is 10.4. The Balaban J connectivity index is 1.45. The smallest absolute Gasteiger partial charge is 0.323 e. The van der Waals surface area contributed by atoms with Gasteiger partial charge in [0.15, 0.2) is 11.5 Å². The van der Waals surface area contributed by atoms with Crippen LogP contribution in [0.3, 0.4) is 0 Å². The zero-order valence-electron chi connectivity index (χ0n) is 18.8. The van der Waals surface area contributed by atoms with E-state index >= 15 is 0 Å². The number of aromatic nitrogens is 3. The third kappa shape index (κ3) is 4.98. The standard InChI is InChI=1S/C24H25N5O4/c1-15(2)29-14-17(13-26-29)28-24(30)27-16-5-7-18(8-6-16)33-21-9-10-25-20-12-23(32-4)22(31-3)11-19(20)21/h5-15H,1-4H3,(H2,27,28,30). The molecule has 33 heavy (non-hydrogen) atoms. The summed E-state index contributed by atoms with van der Waals surface area (Å²) in [6.07, 6.45) is 5.07. The molecule has 0 radical (unpaired) electrons. The summed E-state index contributed by atoms with van der Waals surface area (Å²) in [5.74, 6) is 2.43. The minimum absolute atomic E-state index is 0.219. The third-order valence-corrected chi connectivity index (χ3v) is 4.94. The van der Waals surface area contributed by atoms with Gasteiger partial charge in [0.05, 0.1) is 31.6 Å². The van der Waals surface area contributed by atoms with Crippen molar-refractivity contribution < 1.29 is 19.0 Å². The lowest BCUT2D eigenvalue weighted by molar-refractivity contribution is 0.262. The van der Waals surface area contributed by atoms with Gasteiger partial charge in [-0.25, -0.2) is 4.79 Å². The third-order valence-electron chi connectivity index (χ3n) is 4.94. The molecule has 0 saturated heterocycles. The molecule has 4 rings (SSSR count). The summed E-state index contributed by atoms with van der Waals surface area (Å²) in [5.41, 5.74) is 1.97. The van der Waals surface area contributed by atoms with E-state index in [1.165, 1.54) is 0 Å². The molecule has 0 unspecified atom stereocenters. The summed E-state index contributed by atoms with van der Waals surface area (Å²) in [4.78, 5) is 16.7.